The van der Waals surface area contributed by atoms with Crippen molar-refractivity contribution in [3.8, 4) is 5.75 Å². The molecule has 0 spiro atoms. The van der Waals surface area contributed by atoms with Crippen LogP contribution in [0.5, 0.6) is 5.75 Å². The molecule has 0 aromatic heterocycles. The van der Waals surface area contributed by atoms with Crippen LogP contribution in [-0.4, -0.2) is 57.6 Å². The second-order valence-corrected chi connectivity index (χ2v) is 10.1. The fraction of sp³-hybridized carbons (Fsp3) is 0.440. The maximum atomic E-state index is 13.1. The van der Waals surface area contributed by atoms with Crippen LogP contribution >= 0.6 is 0 Å². The second-order valence-electron chi connectivity index (χ2n) is 8.17. The quantitative estimate of drug-likeness (QED) is 0.494. The molecule has 2 rings (SSSR count). The third kappa shape index (κ3) is 7.76. The number of ether oxygens (including phenoxy) is 1. The van der Waals surface area contributed by atoms with Gasteiger partial charge in [0, 0.05) is 26.6 Å². The first-order valence-electron chi connectivity index (χ1n) is 11.3. The van der Waals surface area contributed by atoms with Crippen LogP contribution in [0.3, 0.4) is 0 Å². The molecule has 0 aliphatic carbocycles. The topological polar surface area (TPSA) is 96.0 Å². The van der Waals surface area contributed by atoms with Crippen LogP contribution in [0, 0.1) is 6.92 Å². The van der Waals surface area contributed by atoms with E-state index in [0.717, 1.165) is 17.4 Å². The number of likely N-dealkylation sites (N-methyl/N-ethyl adjacent to an activating group) is 1. The number of sulfonamides is 1. The summed E-state index contributed by atoms with van der Waals surface area (Å²) in [5.74, 6) is 0.191. The van der Waals surface area contributed by atoms with Crippen LogP contribution < -0.4 is 14.4 Å². The number of amides is 2. The van der Waals surface area contributed by atoms with Gasteiger partial charge in [-0.25, -0.2) is 8.42 Å². The summed E-state index contributed by atoms with van der Waals surface area (Å²) >= 11 is 0. The van der Waals surface area contributed by atoms with E-state index in [0.29, 0.717) is 31.0 Å². The van der Waals surface area contributed by atoms with Crippen molar-refractivity contribution in [1.82, 2.24) is 10.2 Å². The van der Waals surface area contributed by atoms with Gasteiger partial charge in [-0.15, -0.1) is 0 Å². The third-order valence-corrected chi connectivity index (χ3v) is 6.63. The summed E-state index contributed by atoms with van der Waals surface area (Å²) in [6.07, 6.45) is 1.56. The summed E-state index contributed by atoms with van der Waals surface area (Å²) in [5, 5.41) is 2.60. The molecule has 0 saturated heterocycles. The molecule has 34 heavy (non-hydrogen) atoms. The molecular weight excluding hydrogens is 454 g/mol. The number of carbonyl (C=O) groups is 2. The van der Waals surface area contributed by atoms with Gasteiger partial charge in [-0.3, -0.25) is 13.9 Å². The molecule has 186 valence electrons. The summed E-state index contributed by atoms with van der Waals surface area (Å²) in [5.41, 5.74) is 2.50. The second kappa shape index (κ2) is 12.4. The average molecular weight is 490 g/mol. The van der Waals surface area contributed by atoms with Crippen molar-refractivity contribution in [3.63, 3.8) is 0 Å². The summed E-state index contributed by atoms with van der Waals surface area (Å²) < 4.78 is 31.5. The fourth-order valence-corrected chi connectivity index (χ4v) is 4.64. The Morgan fingerprint density at radius 1 is 1.12 bits per heavy atom. The highest BCUT2D eigenvalue weighted by Gasteiger charge is 2.26. The van der Waals surface area contributed by atoms with Crippen molar-refractivity contribution in [1.29, 1.82) is 0 Å². The van der Waals surface area contributed by atoms with Crippen LogP contribution in [-0.2, 0) is 26.2 Å². The van der Waals surface area contributed by atoms with Crippen LogP contribution in [0.1, 0.15) is 37.8 Å². The molecule has 8 nitrogen and oxygen atoms in total. The van der Waals surface area contributed by atoms with Crippen LogP contribution in [0.2, 0.25) is 0 Å². The van der Waals surface area contributed by atoms with Gasteiger partial charge in [0.1, 0.15) is 11.8 Å². The number of nitrogens with zero attached hydrogens (tertiary/aromatic N) is 2. The summed E-state index contributed by atoms with van der Waals surface area (Å²) in [6.45, 7) is 6.49. The van der Waals surface area contributed by atoms with E-state index in [-0.39, 0.29) is 24.8 Å². The monoisotopic (exact) mass is 489 g/mol. The van der Waals surface area contributed by atoms with Gasteiger partial charge in [0.25, 0.3) is 0 Å². The Morgan fingerprint density at radius 3 is 2.35 bits per heavy atom. The number of nitrogens with one attached hydrogen (secondary N) is 1. The van der Waals surface area contributed by atoms with Crippen molar-refractivity contribution in [2.45, 2.75) is 46.2 Å². The number of rotatable bonds is 12. The molecule has 9 heteroatoms. The number of aryl methyl sites for hydroxylation is 1. The van der Waals surface area contributed by atoms with Gasteiger partial charge in [-0.2, -0.15) is 0 Å². The Balaban J connectivity index is 2.13. The molecule has 0 bridgehead atoms. The molecule has 0 aliphatic heterocycles. The average Bonchev–Trinajstić information content (AvgIpc) is 2.79. The van der Waals surface area contributed by atoms with Gasteiger partial charge in [0.05, 0.1) is 18.6 Å². The van der Waals surface area contributed by atoms with Crippen molar-refractivity contribution < 1.29 is 22.7 Å². The van der Waals surface area contributed by atoms with Crippen LogP contribution in [0.25, 0.3) is 0 Å². The maximum Gasteiger partial charge on any atom is 0.242 e. The number of anilines is 1. The van der Waals surface area contributed by atoms with E-state index in [4.69, 9.17) is 4.74 Å². The molecule has 0 unspecified atom stereocenters. The third-order valence-electron chi connectivity index (χ3n) is 5.44. The van der Waals surface area contributed by atoms with Crippen molar-refractivity contribution in [3.05, 3.63) is 59.7 Å². The van der Waals surface area contributed by atoms with Gasteiger partial charge < -0.3 is 15.0 Å². The lowest BCUT2D eigenvalue weighted by Gasteiger charge is -2.29. The van der Waals surface area contributed by atoms with E-state index in [1.165, 1.54) is 16.3 Å². The van der Waals surface area contributed by atoms with Crippen LogP contribution in [0.4, 0.5) is 5.69 Å². The number of benzene rings is 2. The minimum Gasteiger partial charge on any atom is -0.494 e. The van der Waals surface area contributed by atoms with E-state index in [9.17, 15) is 18.0 Å². The van der Waals surface area contributed by atoms with Gasteiger partial charge >= 0.3 is 0 Å². The lowest BCUT2D eigenvalue weighted by Crippen LogP contribution is -2.46. The molecule has 0 heterocycles. The van der Waals surface area contributed by atoms with E-state index >= 15 is 0 Å². The molecule has 2 aromatic carbocycles. The Kier molecular flexibility index (Phi) is 9.92. The molecule has 1 N–H and O–H groups in total. The molecular formula is C25H35N3O5S. The Hall–Kier alpha value is -3.07. The Bertz CT molecular complexity index is 1070. The summed E-state index contributed by atoms with van der Waals surface area (Å²) in [6, 6.07) is 13.9. The zero-order valence-corrected chi connectivity index (χ0v) is 21.4. The highest BCUT2D eigenvalue weighted by atomic mass is 32.2. The lowest BCUT2D eigenvalue weighted by atomic mass is 10.1. The molecule has 0 saturated carbocycles. The van der Waals surface area contributed by atoms with Gasteiger partial charge in [0.2, 0.25) is 21.8 Å². The summed E-state index contributed by atoms with van der Waals surface area (Å²) in [7, 11) is -2.01. The van der Waals surface area contributed by atoms with Gasteiger partial charge in [0.15, 0.2) is 0 Å². The molecule has 0 aliphatic rings. The number of hydrogen-bond acceptors (Lipinski definition) is 5. The fourth-order valence-electron chi connectivity index (χ4n) is 3.68. The van der Waals surface area contributed by atoms with E-state index in [1.807, 2.05) is 38.1 Å². The SMILES string of the molecule is CCOc1ccc(N(CCCC(=O)N(Cc2cccc(C)c2)[C@@H](C)C(=O)NC)S(C)(=O)=O)cc1. The van der Waals surface area contributed by atoms with Gasteiger partial charge in [-0.1, -0.05) is 29.8 Å². The van der Waals surface area contributed by atoms with Crippen molar-refractivity contribution >= 4 is 27.5 Å². The highest BCUT2D eigenvalue weighted by Crippen LogP contribution is 2.22. The molecule has 1 atom stereocenters. The number of carbonyl (C=O) groups excluding carboxylic acids is 2. The minimum atomic E-state index is -3.54. The predicted octanol–water partition coefficient (Wildman–Crippen LogP) is 3.10. The standard InChI is InChI=1S/C25H35N3O5S/c1-6-33-23-14-12-22(13-15-23)28(34(5,31)32)16-8-11-24(29)27(20(3)25(30)26-4)18-21-10-7-9-19(2)17-21/h7,9-10,12-15,17,20H,6,8,11,16,18H2,1-5H3,(H,26,30)/t20-/m0/s1. The first kappa shape index (κ1) is 27.2. The van der Waals surface area contributed by atoms with E-state index in [1.54, 1.807) is 31.2 Å². The van der Waals surface area contributed by atoms with E-state index < -0.39 is 16.1 Å². The Morgan fingerprint density at radius 2 is 1.79 bits per heavy atom. The zero-order chi connectivity index (χ0) is 25.3. The lowest BCUT2D eigenvalue weighted by molar-refractivity contribution is -0.140. The highest BCUT2D eigenvalue weighted by molar-refractivity contribution is 7.92. The molecule has 0 fully saturated rings. The zero-order valence-electron chi connectivity index (χ0n) is 20.6. The normalized spacial score (nSPS) is 12.0. The largest absolute Gasteiger partial charge is 0.494 e. The molecule has 2 aromatic rings. The maximum absolute atomic E-state index is 13.1. The number of hydrogen-bond donors (Lipinski definition) is 1. The van der Waals surface area contributed by atoms with Crippen LogP contribution in [0.15, 0.2) is 48.5 Å². The summed E-state index contributed by atoms with van der Waals surface area (Å²) in [4.78, 5) is 27.0. The predicted molar refractivity (Wildman–Crippen MR) is 134 cm³/mol. The van der Waals surface area contributed by atoms with Crippen molar-refractivity contribution in [2.24, 2.45) is 0 Å². The Labute approximate surface area is 202 Å². The van der Waals surface area contributed by atoms with Crippen molar-refractivity contribution in [2.75, 3.05) is 30.8 Å². The minimum absolute atomic E-state index is 0.107. The molecule has 0 radical (unpaired) electrons. The first-order valence-corrected chi connectivity index (χ1v) is 13.2. The first-order chi connectivity index (χ1) is 16.1. The smallest absolute Gasteiger partial charge is 0.242 e. The van der Waals surface area contributed by atoms with E-state index in [2.05, 4.69) is 5.32 Å². The van der Waals surface area contributed by atoms with Gasteiger partial charge in [-0.05, 0) is 57.0 Å². The molecule has 2 amide bonds.